The van der Waals surface area contributed by atoms with Crippen LogP contribution in [0.1, 0.15) is 0 Å². The van der Waals surface area contributed by atoms with Gasteiger partial charge in [0.15, 0.2) is 6.61 Å². The maximum atomic E-state index is 12.1. The van der Waals surface area contributed by atoms with Crippen molar-refractivity contribution in [2.24, 2.45) is 0 Å². The Morgan fingerprint density at radius 1 is 1.19 bits per heavy atom. The Kier molecular flexibility index (Phi) is 5.82. The minimum Gasteiger partial charge on any atom is -0.439 e. The van der Waals surface area contributed by atoms with Crippen LogP contribution in [0, 0.1) is 0 Å². The monoisotopic (exact) mass is 395 g/mol. The number of anilines is 1. The van der Waals surface area contributed by atoms with Gasteiger partial charge >= 0.3 is 12.7 Å². The van der Waals surface area contributed by atoms with Crippen LogP contribution in [0.2, 0.25) is 5.02 Å². The molecule has 7 nitrogen and oxygen atoms in total. The molecule has 0 saturated heterocycles. The SMILES string of the molecule is O=C(COc1nc(-c2ccccc2Cl)no1)Nc1ccc(OC(F)F)cc1. The molecular formula is C17H12ClF2N3O4. The van der Waals surface area contributed by atoms with Gasteiger partial charge in [-0.05, 0) is 36.4 Å². The third kappa shape index (κ3) is 5.14. The maximum absolute atomic E-state index is 12.1. The number of ether oxygens (including phenoxy) is 2. The lowest BCUT2D eigenvalue weighted by Gasteiger charge is -2.07. The van der Waals surface area contributed by atoms with Gasteiger partial charge < -0.3 is 14.8 Å². The molecule has 10 heteroatoms. The summed E-state index contributed by atoms with van der Waals surface area (Å²) in [5, 5.41) is 6.71. The molecule has 0 unspecified atom stereocenters. The van der Waals surface area contributed by atoms with E-state index in [9.17, 15) is 13.6 Å². The Labute approximate surface area is 156 Å². The minimum atomic E-state index is -2.91. The number of carbonyl (C=O) groups is 1. The number of hydrogen-bond acceptors (Lipinski definition) is 6. The number of amides is 1. The van der Waals surface area contributed by atoms with Gasteiger partial charge in [-0.15, -0.1) is 0 Å². The highest BCUT2D eigenvalue weighted by atomic mass is 35.5. The number of halogens is 3. The zero-order chi connectivity index (χ0) is 19.2. The Morgan fingerprint density at radius 3 is 2.63 bits per heavy atom. The van der Waals surface area contributed by atoms with Crippen LogP contribution in [0.5, 0.6) is 11.8 Å². The van der Waals surface area contributed by atoms with E-state index in [1.54, 1.807) is 24.3 Å². The van der Waals surface area contributed by atoms with Crippen LogP contribution in [0.4, 0.5) is 14.5 Å². The lowest BCUT2D eigenvalue weighted by molar-refractivity contribution is -0.118. The lowest BCUT2D eigenvalue weighted by Crippen LogP contribution is -2.20. The molecule has 0 bridgehead atoms. The topological polar surface area (TPSA) is 86.5 Å². The molecule has 0 fully saturated rings. The Hall–Kier alpha value is -3.20. The lowest BCUT2D eigenvalue weighted by atomic mass is 10.2. The van der Waals surface area contributed by atoms with Crippen LogP contribution in [0.25, 0.3) is 11.4 Å². The summed E-state index contributed by atoms with van der Waals surface area (Å²) in [6.45, 7) is -3.30. The van der Waals surface area contributed by atoms with Crippen LogP contribution in [-0.4, -0.2) is 29.3 Å². The van der Waals surface area contributed by atoms with E-state index in [0.29, 0.717) is 16.3 Å². The van der Waals surface area contributed by atoms with Crippen LogP contribution in [0.3, 0.4) is 0 Å². The fraction of sp³-hybridized carbons (Fsp3) is 0.118. The first-order valence-corrected chi connectivity index (χ1v) is 7.95. The molecule has 1 heterocycles. The highest BCUT2D eigenvalue weighted by molar-refractivity contribution is 6.33. The Morgan fingerprint density at radius 2 is 1.93 bits per heavy atom. The molecule has 1 N–H and O–H groups in total. The average Bonchev–Trinajstić information content (AvgIpc) is 3.10. The average molecular weight is 396 g/mol. The quantitative estimate of drug-likeness (QED) is 0.650. The van der Waals surface area contributed by atoms with Crippen molar-refractivity contribution in [3.63, 3.8) is 0 Å². The van der Waals surface area contributed by atoms with E-state index in [4.69, 9.17) is 20.9 Å². The van der Waals surface area contributed by atoms with Crippen molar-refractivity contribution in [3.8, 4) is 23.2 Å². The number of rotatable bonds is 7. The van der Waals surface area contributed by atoms with Gasteiger partial charge in [0, 0.05) is 11.3 Å². The molecule has 140 valence electrons. The number of benzene rings is 2. The van der Waals surface area contributed by atoms with Gasteiger partial charge in [0.05, 0.1) is 5.02 Å². The molecule has 0 radical (unpaired) electrons. The van der Waals surface area contributed by atoms with E-state index in [1.165, 1.54) is 24.3 Å². The molecule has 3 aromatic rings. The van der Waals surface area contributed by atoms with Crippen molar-refractivity contribution in [1.29, 1.82) is 0 Å². The van der Waals surface area contributed by atoms with Crippen molar-refractivity contribution in [1.82, 2.24) is 10.1 Å². The summed E-state index contributed by atoms with van der Waals surface area (Å²) in [6, 6.07) is 12.4. The Bertz CT molecular complexity index is 919. The number of nitrogens with one attached hydrogen (secondary N) is 1. The molecule has 0 aliphatic rings. The normalized spacial score (nSPS) is 10.7. The van der Waals surface area contributed by atoms with Crippen molar-refractivity contribution < 1.29 is 27.6 Å². The highest BCUT2D eigenvalue weighted by Crippen LogP contribution is 2.26. The molecule has 3 rings (SSSR count). The predicted molar refractivity (Wildman–Crippen MR) is 91.9 cm³/mol. The van der Waals surface area contributed by atoms with Gasteiger partial charge in [-0.1, -0.05) is 28.9 Å². The largest absolute Gasteiger partial charge is 0.439 e. The summed E-state index contributed by atoms with van der Waals surface area (Å²) in [4.78, 5) is 15.9. The molecule has 0 spiro atoms. The summed E-state index contributed by atoms with van der Waals surface area (Å²) < 4.78 is 38.5. The summed E-state index contributed by atoms with van der Waals surface area (Å²) in [7, 11) is 0. The highest BCUT2D eigenvalue weighted by Gasteiger charge is 2.13. The van der Waals surface area contributed by atoms with E-state index in [2.05, 4.69) is 20.2 Å². The van der Waals surface area contributed by atoms with E-state index in [1.807, 2.05) is 0 Å². The van der Waals surface area contributed by atoms with Crippen molar-refractivity contribution in [2.45, 2.75) is 6.61 Å². The fourth-order valence-corrected chi connectivity index (χ4v) is 2.28. The smallest absolute Gasteiger partial charge is 0.418 e. The maximum Gasteiger partial charge on any atom is 0.418 e. The fourth-order valence-electron chi connectivity index (χ4n) is 2.06. The minimum absolute atomic E-state index is 0.0165. The molecule has 0 aliphatic carbocycles. The van der Waals surface area contributed by atoms with Gasteiger partial charge in [0.25, 0.3) is 5.91 Å². The molecule has 2 aromatic carbocycles. The standard InChI is InChI=1S/C17H12ClF2N3O4/c18-13-4-2-1-3-12(13)15-22-17(27-23-15)25-9-14(24)21-10-5-7-11(8-6-10)26-16(19)20/h1-8,16H,9H2,(H,21,24). The second kappa shape index (κ2) is 8.45. The number of aromatic nitrogens is 2. The van der Waals surface area contributed by atoms with Gasteiger partial charge in [-0.25, -0.2) is 0 Å². The van der Waals surface area contributed by atoms with Crippen molar-refractivity contribution in [3.05, 3.63) is 53.6 Å². The number of hydrogen-bond donors (Lipinski definition) is 1. The van der Waals surface area contributed by atoms with Crippen LogP contribution < -0.4 is 14.8 Å². The first-order chi connectivity index (χ1) is 13.0. The first kappa shape index (κ1) is 18.6. The molecule has 0 atom stereocenters. The molecule has 0 aliphatic heterocycles. The zero-order valence-corrected chi connectivity index (χ0v) is 14.3. The third-order valence-corrected chi connectivity index (χ3v) is 3.54. The zero-order valence-electron chi connectivity index (χ0n) is 13.6. The second-order valence-electron chi connectivity index (χ2n) is 5.10. The second-order valence-corrected chi connectivity index (χ2v) is 5.51. The molecular weight excluding hydrogens is 384 g/mol. The van der Waals surface area contributed by atoms with Gasteiger partial charge in [-0.2, -0.15) is 13.8 Å². The van der Waals surface area contributed by atoms with E-state index in [0.717, 1.165) is 0 Å². The van der Waals surface area contributed by atoms with E-state index < -0.39 is 12.5 Å². The van der Waals surface area contributed by atoms with Gasteiger partial charge in [0.2, 0.25) is 5.82 Å². The molecule has 0 saturated carbocycles. The predicted octanol–water partition coefficient (Wildman–Crippen LogP) is 4.01. The molecule has 1 aromatic heterocycles. The van der Waals surface area contributed by atoms with Gasteiger partial charge in [-0.3, -0.25) is 9.32 Å². The third-order valence-electron chi connectivity index (χ3n) is 3.21. The van der Waals surface area contributed by atoms with Crippen molar-refractivity contribution >= 4 is 23.2 Å². The van der Waals surface area contributed by atoms with Crippen LogP contribution >= 0.6 is 11.6 Å². The summed E-state index contributed by atoms with van der Waals surface area (Å²) in [6.07, 6.45) is -0.194. The summed E-state index contributed by atoms with van der Waals surface area (Å²) in [5.41, 5.74) is 0.945. The number of nitrogens with zero attached hydrogens (tertiary/aromatic N) is 2. The number of alkyl halides is 2. The van der Waals surface area contributed by atoms with Gasteiger partial charge in [0.1, 0.15) is 5.75 Å². The van der Waals surface area contributed by atoms with E-state index in [-0.39, 0.29) is 24.3 Å². The van der Waals surface area contributed by atoms with Crippen molar-refractivity contribution in [2.75, 3.05) is 11.9 Å². The Balaban J connectivity index is 1.53. The first-order valence-electron chi connectivity index (χ1n) is 7.57. The molecule has 27 heavy (non-hydrogen) atoms. The summed E-state index contributed by atoms with van der Waals surface area (Å²) >= 11 is 6.05. The van der Waals surface area contributed by atoms with Crippen LogP contribution in [0.15, 0.2) is 53.1 Å². The molecule has 1 amide bonds. The van der Waals surface area contributed by atoms with E-state index >= 15 is 0 Å². The van der Waals surface area contributed by atoms with Crippen LogP contribution in [-0.2, 0) is 4.79 Å². The summed E-state index contributed by atoms with van der Waals surface area (Å²) in [5.74, 6) is -0.294. The number of carbonyl (C=O) groups excluding carboxylic acids is 1.